The molecule has 12 heavy (non-hydrogen) atoms. The van der Waals surface area contributed by atoms with Crippen LogP contribution in [0.4, 0.5) is 5.82 Å². The fourth-order valence-electron chi connectivity index (χ4n) is 0.806. The molecular formula is C7H10IN3O. The number of hydrogen-bond donors (Lipinski definition) is 0. The molecule has 0 radical (unpaired) electrons. The molecule has 0 aromatic carbocycles. The predicted octanol–water partition coefficient (Wildman–Crippen LogP) is 1.16. The molecule has 1 aromatic rings. The van der Waals surface area contributed by atoms with Gasteiger partial charge in [-0.3, -0.25) is 0 Å². The van der Waals surface area contributed by atoms with Crippen LogP contribution in [0, 0.1) is 3.70 Å². The van der Waals surface area contributed by atoms with E-state index in [1.165, 1.54) is 0 Å². The van der Waals surface area contributed by atoms with E-state index >= 15 is 0 Å². The molecule has 0 amide bonds. The maximum absolute atomic E-state index is 5.14. The van der Waals surface area contributed by atoms with Gasteiger partial charge in [-0.1, -0.05) is 0 Å². The van der Waals surface area contributed by atoms with Crippen LogP contribution < -0.4 is 9.64 Å². The van der Waals surface area contributed by atoms with Crippen LogP contribution in [0.25, 0.3) is 0 Å². The molecule has 1 rings (SSSR count). The van der Waals surface area contributed by atoms with Crippen LogP contribution in [0.5, 0.6) is 5.75 Å². The van der Waals surface area contributed by atoms with Gasteiger partial charge in [0.05, 0.1) is 7.11 Å². The van der Waals surface area contributed by atoms with E-state index in [-0.39, 0.29) is 0 Å². The van der Waals surface area contributed by atoms with E-state index < -0.39 is 0 Å². The quantitative estimate of drug-likeness (QED) is 0.761. The fraction of sp³-hybridized carbons (Fsp3) is 0.429. The molecule has 0 atom stereocenters. The number of nitrogens with zero attached hydrogens (tertiary/aromatic N) is 3. The van der Waals surface area contributed by atoms with Crippen molar-refractivity contribution >= 4 is 28.4 Å². The van der Waals surface area contributed by atoms with Crippen molar-refractivity contribution in [2.24, 2.45) is 0 Å². The van der Waals surface area contributed by atoms with Gasteiger partial charge in [0.25, 0.3) is 0 Å². The van der Waals surface area contributed by atoms with Crippen LogP contribution in [-0.2, 0) is 0 Å². The Kier molecular flexibility index (Phi) is 3.07. The van der Waals surface area contributed by atoms with Crippen molar-refractivity contribution in [2.75, 3.05) is 26.1 Å². The standard InChI is InChI=1S/C7H10IN3O/c1-11(2)7-5(12-3)4-6(8)9-10-7/h4H,1-3H3. The van der Waals surface area contributed by atoms with E-state index in [4.69, 9.17) is 4.74 Å². The minimum absolute atomic E-state index is 0.748. The van der Waals surface area contributed by atoms with Gasteiger partial charge in [-0.05, 0) is 22.6 Å². The van der Waals surface area contributed by atoms with Gasteiger partial charge in [0.15, 0.2) is 11.6 Å². The molecule has 0 saturated carbocycles. The lowest BCUT2D eigenvalue weighted by Gasteiger charge is -2.13. The smallest absolute Gasteiger partial charge is 0.193 e. The molecule has 0 spiro atoms. The van der Waals surface area contributed by atoms with Crippen LogP contribution in [0.15, 0.2) is 6.07 Å². The Morgan fingerprint density at radius 2 is 2.08 bits per heavy atom. The molecule has 0 N–H and O–H groups in total. The Balaban J connectivity index is 3.11. The van der Waals surface area contributed by atoms with E-state index in [9.17, 15) is 0 Å². The Morgan fingerprint density at radius 1 is 1.42 bits per heavy atom. The first kappa shape index (κ1) is 9.50. The second kappa shape index (κ2) is 3.88. The van der Waals surface area contributed by atoms with Crippen LogP contribution in [0.3, 0.4) is 0 Å². The molecule has 0 fully saturated rings. The highest BCUT2D eigenvalue weighted by molar-refractivity contribution is 14.1. The number of methoxy groups -OCH3 is 1. The highest BCUT2D eigenvalue weighted by Crippen LogP contribution is 2.23. The van der Waals surface area contributed by atoms with Crippen molar-refractivity contribution in [3.63, 3.8) is 0 Å². The zero-order chi connectivity index (χ0) is 9.14. The normalized spacial score (nSPS) is 9.67. The second-order valence-corrected chi connectivity index (χ2v) is 3.56. The number of anilines is 1. The molecule has 0 aliphatic carbocycles. The Hall–Kier alpha value is -0.590. The first-order chi connectivity index (χ1) is 5.65. The van der Waals surface area contributed by atoms with Gasteiger partial charge in [-0.15, -0.1) is 10.2 Å². The minimum Gasteiger partial charge on any atom is -0.493 e. The van der Waals surface area contributed by atoms with Crippen LogP contribution in [-0.4, -0.2) is 31.4 Å². The van der Waals surface area contributed by atoms with Crippen molar-refractivity contribution in [1.29, 1.82) is 0 Å². The van der Waals surface area contributed by atoms with Gasteiger partial charge < -0.3 is 9.64 Å². The van der Waals surface area contributed by atoms with Gasteiger partial charge in [0.1, 0.15) is 3.70 Å². The summed E-state index contributed by atoms with van der Waals surface area (Å²) in [4.78, 5) is 1.86. The maximum atomic E-state index is 5.14. The molecule has 66 valence electrons. The van der Waals surface area contributed by atoms with Gasteiger partial charge >= 0.3 is 0 Å². The molecule has 1 aromatic heterocycles. The Labute approximate surface area is 85.1 Å². The number of halogens is 1. The van der Waals surface area contributed by atoms with Crippen molar-refractivity contribution in [3.8, 4) is 5.75 Å². The Morgan fingerprint density at radius 3 is 2.58 bits per heavy atom. The highest BCUT2D eigenvalue weighted by Gasteiger charge is 2.07. The molecule has 0 saturated heterocycles. The van der Waals surface area contributed by atoms with E-state index in [2.05, 4.69) is 32.8 Å². The largest absolute Gasteiger partial charge is 0.493 e. The van der Waals surface area contributed by atoms with Crippen LogP contribution in [0.2, 0.25) is 0 Å². The predicted molar refractivity (Wildman–Crippen MR) is 55.6 cm³/mol. The van der Waals surface area contributed by atoms with Crippen molar-refractivity contribution in [2.45, 2.75) is 0 Å². The van der Waals surface area contributed by atoms with Crippen LogP contribution in [0.1, 0.15) is 0 Å². The summed E-state index contributed by atoms with van der Waals surface area (Å²) in [5.41, 5.74) is 0. The molecule has 5 heteroatoms. The van der Waals surface area contributed by atoms with E-state index in [1.807, 2.05) is 25.1 Å². The van der Waals surface area contributed by atoms with Gasteiger partial charge in [0, 0.05) is 20.2 Å². The average molecular weight is 279 g/mol. The zero-order valence-electron chi connectivity index (χ0n) is 7.21. The van der Waals surface area contributed by atoms with E-state index in [0.717, 1.165) is 15.3 Å². The number of ether oxygens (including phenoxy) is 1. The minimum atomic E-state index is 0.748. The van der Waals surface area contributed by atoms with E-state index in [1.54, 1.807) is 7.11 Å². The fourth-order valence-corrected chi connectivity index (χ4v) is 1.20. The monoisotopic (exact) mass is 279 g/mol. The maximum Gasteiger partial charge on any atom is 0.193 e. The zero-order valence-corrected chi connectivity index (χ0v) is 9.36. The summed E-state index contributed by atoms with van der Waals surface area (Å²) >= 11 is 2.10. The molecule has 0 aliphatic heterocycles. The van der Waals surface area contributed by atoms with E-state index in [0.29, 0.717) is 0 Å². The first-order valence-corrected chi connectivity index (χ1v) is 4.47. The number of aromatic nitrogens is 2. The molecule has 0 aliphatic rings. The summed E-state index contributed by atoms with van der Waals surface area (Å²) in [6.07, 6.45) is 0. The SMILES string of the molecule is COc1cc(I)nnc1N(C)C. The summed E-state index contributed by atoms with van der Waals surface area (Å²) in [5, 5.41) is 7.92. The summed E-state index contributed by atoms with van der Waals surface area (Å²) in [7, 11) is 5.43. The topological polar surface area (TPSA) is 38.3 Å². The van der Waals surface area contributed by atoms with Crippen LogP contribution >= 0.6 is 22.6 Å². The van der Waals surface area contributed by atoms with Crippen molar-refractivity contribution in [1.82, 2.24) is 10.2 Å². The molecule has 4 nitrogen and oxygen atoms in total. The van der Waals surface area contributed by atoms with Crippen molar-refractivity contribution < 1.29 is 4.74 Å². The molecule has 0 bridgehead atoms. The lowest BCUT2D eigenvalue weighted by molar-refractivity contribution is 0.411. The summed E-state index contributed by atoms with van der Waals surface area (Å²) < 4.78 is 5.97. The summed E-state index contributed by atoms with van der Waals surface area (Å²) in [6, 6.07) is 1.85. The number of hydrogen-bond acceptors (Lipinski definition) is 4. The Bertz CT molecular complexity index is 277. The molecule has 1 heterocycles. The third-order valence-corrected chi connectivity index (χ3v) is 1.88. The van der Waals surface area contributed by atoms with Gasteiger partial charge in [0.2, 0.25) is 0 Å². The summed E-state index contributed by atoms with van der Waals surface area (Å²) in [5.74, 6) is 1.50. The third-order valence-electron chi connectivity index (χ3n) is 1.35. The highest BCUT2D eigenvalue weighted by atomic mass is 127. The third kappa shape index (κ3) is 1.96. The molecule has 0 unspecified atom stereocenters. The molecular weight excluding hydrogens is 269 g/mol. The van der Waals surface area contributed by atoms with Gasteiger partial charge in [-0.25, -0.2) is 0 Å². The van der Waals surface area contributed by atoms with Gasteiger partial charge in [-0.2, -0.15) is 0 Å². The van der Waals surface area contributed by atoms with Crippen molar-refractivity contribution in [3.05, 3.63) is 9.77 Å². The lowest BCUT2D eigenvalue weighted by Crippen LogP contribution is -2.13. The second-order valence-electron chi connectivity index (χ2n) is 2.45. The average Bonchev–Trinajstić information content (AvgIpc) is 2.03. The number of rotatable bonds is 2. The first-order valence-electron chi connectivity index (χ1n) is 3.39. The lowest BCUT2D eigenvalue weighted by atomic mass is 10.4. The summed E-state index contributed by atoms with van der Waals surface area (Å²) in [6.45, 7) is 0.